The Morgan fingerprint density at radius 2 is 1.71 bits per heavy atom. The Labute approximate surface area is 123 Å². The number of rotatable bonds is 3. The van der Waals surface area contributed by atoms with Crippen molar-refractivity contribution in [3.63, 3.8) is 0 Å². The molecule has 0 spiro atoms. The first-order valence-corrected chi connectivity index (χ1v) is 6.88. The van der Waals surface area contributed by atoms with Gasteiger partial charge in [-0.1, -0.05) is 24.3 Å². The van der Waals surface area contributed by atoms with E-state index in [1.54, 1.807) is 0 Å². The zero-order valence-corrected chi connectivity index (χ0v) is 12.1. The van der Waals surface area contributed by atoms with Crippen LogP contribution in [0.5, 0.6) is 11.6 Å². The summed E-state index contributed by atoms with van der Waals surface area (Å²) in [7, 11) is 0. The monoisotopic (exact) mass is 279 g/mol. The zero-order valence-electron chi connectivity index (χ0n) is 12.1. The van der Waals surface area contributed by atoms with Gasteiger partial charge in [0.25, 0.3) is 0 Å². The number of hydrogen-bond acceptors (Lipinski definition) is 4. The number of aromatic nitrogens is 2. The summed E-state index contributed by atoms with van der Waals surface area (Å²) in [5.74, 6) is 1.30. The Kier molecular flexibility index (Phi) is 3.54. The molecule has 0 atom stereocenters. The lowest BCUT2D eigenvalue weighted by atomic mass is 10.1. The Morgan fingerprint density at radius 3 is 2.43 bits per heavy atom. The maximum atomic E-state index is 5.96. The van der Waals surface area contributed by atoms with Crippen LogP contribution in [0.15, 0.2) is 42.5 Å². The van der Waals surface area contributed by atoms with Crippen LogP contribution in [-0.4, -0.2) is 9.97 Å². The Bertz CT molecular complexity index is 799. The molecule has 0 unspecified atom stereocenters. The van der Waals surface area contributed by atoms with Crippen LogP contribution in [-0.2, 0) is 6.54 Å². The highest BCUT2D eigenvalue weighted by atomic mass is 16.5. The van der Waals surface area contributed by atoms with Crippen LogP contribution in [0.1, 0.15) is 16.8 Å². The summed E-state index contributed by atoms with van der Waals surface area (Å²) < 4.78 is 5.96. The van der Waals surface area contributed by atoms with Gasteiger partial charge in [0.1, 0.15) is 11.4 Å². The van der Waals surface area contributed by atoms with Gasteiger partial charge in [0.05, 0.1) is 11.0 Å². The minimum Gasteiger partial charge on any atom is -0.437 e. The second-order valence-electron chi connectivity index (χ2n) is 5.01. The quantitative estimate of drug-likeness (QED) is 0.797. The van der Waals surface area contributed by atoms with E-state index in [4.69, 9.17) is 10.5 Å². The normalized spacial score (nSPS) is 10.8. The summed E-state index contributed by atoms with van der Waals surface area (Å²) in [5.41, 5.74) is 10.2. The van der Waals surface area contributed by atoms with Gasteiger partial charge in [-0.2, -0.15) is 0 Å². The van der Waals surface area contributed by atoms with Crippen molar-refractivity contribution < 1.29 is 4.74 Å². The van der Waals surface area contributed by atoms with E-state index in [9.17, 15) is 0 Å². The van der Waals surface area contributed by atoms with E-state index in [0.717, 1.165) is 33.6 Å². The molecule has 1 heterocycles. The molecular formula is C17H17N3O. The summed E-state index contributed by atoms with van der Waals surface area (Å²) in [6, 6.07) is 13.7. The van der Waals surface area contributed by atoms with Crippen molar-refractivity contribution in [3.8, 4) is 11.6 Å². The molecule has 0 fully saturated rings. The maximum Gasteiger partial charge on any atom is 0.241 e. The molecule has 3 rings (SSSR count). The number of nitrogens with zero attached hydrogens (tertiary/aromatic N) is 2. The summed E-state index contributed by atoms with van der Waals surface area (Å²) >= 11 is 0. The Hall–Kier alpha value is -2.46. The van der Waals surface area contributed by atoms with Gasteiger partial charge < -0.3 is 10.5 Å². The van der Waals surface area contributed by atoms with E-state index in [-0.39, 0.29) is 0 Å². The summed E-state index contributed by atoms with van der Waals surface area (Å²) in [4.78, 5) is 9.08. The number of nitrogens with two attached hydrogens (primary N) is 1. The third-order valence-electron chi connectivity index (χ3n) is 3.40. The Balaban J connectivity index is 2.03. The van der Waals surface area contributed by atoms with Gasteiger partial charge in [0.15, 0.2) is 0 Å². The zero-order chi connectivity index (χ0) is 14.8. The van der Waals surface area contributed by atoms with Gasteiger partial charge in [0, 0.05) is 6.54 Å². The van der Waals surface area contributed by atoms with E-state index in [2.05, 4.69) is 9.97 Å². The predicted octanol–water partition coefficient (Wildman–Crippen LogP) is 3.50. The molecule has 0 saturated heterocycles. The lowest BCUT2D eigenvalue weighted by molar-refractivity contribution is 0.454. The van der Waals surface area contributed by atoms with Crippen molar-refractivity contribution in [1.82, 2.24) is 9.97 Å². The molecule has 1 aromatic heterocycles. The molecule has 0 bridgehead atoms. The van der Waals surface area contributed by atoms with Crippen molar-refractivity contribution in [2.24, 2.45) is 5.73 Å². The van der Waals surface area contributed by atoms with Gasteiger partial charge >= 0.3 is 0 Å². The summed E-state index contributed by atoms with van der Waals surface area (Å²) in [6.07, 6.45) is 0. The fourth-order valence-electron chi connectivity index (χ4n) is 2.15. The first-order valence-electron chi connectivity index (χ1n) is 6.88. The largest absolute Gasteiger partial charge is 0.437 e. The highest BCUT2D eigenvalue weighted by Gasteiger charge is 2.09. The highest BCUT2D eigenvalue weighted by molar-refractivity contribution is 5.74. The van der Waals surface area contributed by atoms with Crippen LogP contribution in [0.4, 0.5) is 0 Å². The van der Waals surface area contributed by atoms with Crippen LogP contribution in [0.2, 0.25) is 0 Å². The molecule has 0 aliphatic heterocycles. The molecule has 2 aromatic carbocycles. The van der Waals surface area contributed by atoms with Gasteiger partial charge in [0.2, 0.25) is 5.88 Å². The lowest BCUT2D eigenvalue weighted by Gasteiger charge is -2.11. The van der Waals surface area contributed by atoms with E-state index < -0.39 is 0 Å². The smallest absolute Gasteiger partial charge is 0.241 e. The summed E-state index contributed by atoms with van der Waals surface area (Å²) in [5, 5.41) is 0. The molecule has 0 aliphatic carbocycles. The van der Waals surface area contributed by atoms with Crippen LogP contribution < -0.4 is 10.5 Å². The highest BCUT2D eigenvalue weighted by Crippen LogP contribution is 2.27. The minimum absolute atomic E-state index is 0.485. The molecule has 4 heteroatoms. The van der Waals surface area contributed by atoms with Gasteiger partial charge in [-0.3, -0.25) is 0 Å². The second-order valence-corrected chi connectivity index (χ2v) is 5.01. The average molecular weight is 279 g/mol. The fourth-order valence-corrected chi connectivity index (χ4v) is 2.15. The SMILES string of the molecule is Cc1ccc(CN)cc1Oc1nc2ccccc2nc1C. The second kappa shape index (κ2) is 5.50. The molecular weight excluding hydrogens is 262 g/mol. The molecule has 4 nitrogen and oxygen atoms in total. The lowest BCUT2D eigenvalue weighted by Crippen LogP contribution is -2.00. The number of hydrogen-bond donors (Lipinski definition) is 1. The molecule has 3 aromatic rings. The fraction of sp³-hybridized carbons (Fsp3) is 0.176. The van der Waals surface area contributed by atoms with Crippen LogP contribution >= 0.6 is 0 Å². The van der Waals surface area contributed by atoms with Gasteiger partial charge in [-0.05, 0) is 43.2 Å². The van der Waals surface area contributed by atoms with Gasteiger partial charge in [-0.15, -0.1) is 0 Å². The van der Waals surface area contributed by atoms with E-state index in [0.29, 0.717) is 12.4 Å². The van der Waals surface area contributed by atoms with Crippen molar-refractivity contribution in [2.75, 3.05) is 0 Å². The maximum absolute atomic E-state index is 5.96. The topological polar surface area (TPSA) is 61.0 Å². The number of benzene rings is 2. The third-order valence-corrected chi connectivity index (χ3v) is 3.40. The standard InChI is InChI=1S/C17H17N3O/c1-11-7-8-13(10-18)9-16(11)21-17-12(2)19-14-5-3-4-6-15(14)20-17/h3-9H,10,18H2,1-2H3. The minimum atomic E-state index is 0.485. The number of aryl methyl sites for hydroxylation is 2. The Morgan fingerprint density at radius 1 is 1.00 bits per heavy atom. The first-order chi connectivity index (χ1) is 10.2. The van der Waals surface area contributed by atoms with E-state index in [1.165, 1.54) is 0 Å². The van der Waals surface area contributed by atoms with Crippen molar-refractivity contribution in [1.29, 1.82) is 0 Å². The van der Waals surface area contributed by atoms with Crippen molar-refractivity contribution in [2.45, 2.75) is 20.4 Å². The van der Waals surface area contributed by atoms with Crippen LogP contribution in [0.3, 0.4) is 0 Å². The molecule has 0 aliphatic rings. The number of ether oxygens (including phenoxy) is 1. The van der Waals surface area contributed by atoms with E-state index in [1.807, 2.05) is 56.3 Å². The molecule has 21 heavy (non-hydrogen) atoms. The third kappa shape index (κ3) is 2.71. The molecule has 0 saturated carbocycles. The van der Waals surface area contributed by atoms with Gasteiger partial charge in [-0.25, -0.2) is 9.97 Å². The van der Waals surface area contributed by atoms with Crippen molar-refractivity contribution in [3.05, 3.63) is 59.3 Å². The van der Waals surface area contributed by atoms with Crippen LogP contribution in [0.25, 0.3) is 11.0 Å². The number of fused-ring (bicyclic) bond motifs is 1. The molecule has 0 radical (unpaired) electrons. The molecule has 2 N–H and O–H groups in total. The van der Waals surface area contributed by atoms with Crippen LogP contribution in [0, 0.1) is 13.8 Å². The first kappa shape index (κ1) is 13.5. The molecule has 0 amide bonds. The number of para-hydroxylation sites is 2. The summed E-state index contributed by atoms with van der Waals surface area (Å²) in [6.45, 7) is 4.38. The predicted molar refractivity (Wildman–Crippen MR) is 83.4 cm³/mol. The molecule has 106 valence electrons. The average Bonchev–Trinajstić information content (AvgIpc) is 2.50. The van der Waals surface area contributed by atoms with Crippen molar-refractivity contribution >= 4 is 11.0 Å². The van der Waals surface area contributed by atoms with E-state index >= 15 is 0 Å².